The second-order valence-electron chi connectivity index (χ2n) is 7.60. The minimum Gasteiger partial charge on any atom is -0.382 e. The molecule has 0 radical (unpaired) electrons. The first kappa shape index (κ1) is 23.4. The second-order valence-corrected chi connectivity index (χ2v) is 10.6. The molecule has 2 heterocycles. The molecule has 2 saturated heterocycles. The molecule has 2 aliphatic heterocycles. The lowest BCUT2D eigenvalue weighted by Crippen LogP contribution is -2.30. The normalized spacial score (nSPS) is 34.4. The summed E-state index contributed by atoms with van der Waals surface area (Å²) in [5.41, 5.74) is 1.22. The van der Waals surface area contributed by atoms with Crippen molar-refractivity contribution >= 4 is 19.4 Å². The Bertz CT molecular complexity index is 620. The van der Waals surface area contributed by atoms with Gasteiger partial charge in [-0.3, -0.25) is 0 Å². The Balaban J connectivity index is 1.50. The Labute approximate surface area is 178 Å². The third kappa shape index (κ3) is 6.86. The van der Waals surface area contributed by atoms with Gasteiger partial charge in [0.2, 0.25) is 0 Å². The molecule has 0 bridgehead atoms. The van der Waals surface area contributed by atoms with E-state index in [0.717, 1.165) is 12.8 Å². The van der Waals surface area contributed by atoms with Crippen molar-refractivity contribution in [2.75, 3.05) is 27.4 Å². The molecule has 0 amide bonds. The van der Waals surface area contributed by atoms with E-state index in [0.29, 0.717) is 13.0 Å². The average molecular weight is 448 g/mol. The van der Waals surface area contributed by atoms with Crippen LogP contribution in [0, 0.1) is 0 Å². The van der Waals surface area contributed by atoms with E-state index in [9.17, 15) is 4.89 Å². The van der Waals surface area contributed by atoms with Crippen LogP contribution in [0.25, 0.3) is 0 Å². The van der Waals surface area contributed by atoms with Crippen molar-refractivity contribution in [2.24, 2.45) is 0 Å². The van der Waals surface area contributed by atoms with E-state index in [4.69, 9.17) is 28.0 Å². The van der Waals surface area contributed by atoms with Crippen molar-refractivity contribution in [1.29, 1.82) is 0 Å². The van der Waals surface area contributed by atoms with Gasteiger partial charge < -0.3 is 18.9 Å². The molecule has 9 heteroatoms. The van der Waals surface area contributed by atoms with Crippen LogP contribution in [0.4, 0.5) is 0 Å². The van der Waals surface area contributed by atoms with Gasteiger partial charge in [0.05, 0.1) is 37.2 Å². The summed E-state index contributed by atoms with van der Waals surface area (Å²) < 4.78 is 34.1. The highest BCUT2D eigenvalue weighted by Gasteiger charge is 2.48. The highest BCUT2D eigenvalue weighted by Crippen LogP contribution is 2.63. The Morgan fingerprint density at radius 3 is 2.48 bits per heavy atom. The van der Waals surface area contributed by atoms with Crippen LogP contribution in [0.5, 0.6) is 0 Å². The van der Waals surface area contributed by atoms with Gasteiger partial charge in [0.1, 0.15) is 24.9 Å². The molecule has 1 N–H and O–H groups in total. The van der Waals surface area contributed by atoms with Crippen molar-refractivity contribution in [3.63, 3.8) is 0 Å². The fourth-order valence-corrected chi connectivity index (χ4v) is 5.46. The summed E-state index contributed by atoms with van der Waals surface area (Å²) in [5.74, 6) is 0. The number of hydrogen-bond acceptors (Lipinski definition) is 8. The Morgan fingerprint density at radius 1 is 1.07 bits per heavy atom. The molecule has 2 aliphatic rings. The summed E-state index contributed by atoms with van der Waals surface area (Å²) in [6.45, 7) is 2.50. The van der Waals surface area contributed by atoms with Crippen LogP contribution in [-0.2, 0) is 34.4 Å². The lowest BCUT2D eigenvalue weighted by Gasteiger charge is -2.21. The number of methoxy groups -OCH3 is 2. The van der Waals surface area contributed by atoms with E-state index in [1.165, 1.54) is 5.56 Å². The lowest BCUT2D eigenvalue weighted by atomic mass is 10.0. The zero-order chi connectivity index (χ0) is 20.9. The van der Waals surface area contributed by atoms with Gasteiger partial charge >= 0.3 is 7.15 Å². The number of rotatable bonds is 10. The molecule has 0 saturated carbocycles. The van der Waals surface area contributed by atoms with E-state index < -0.39 is 7.15 Å². The Morgan fingerprint density at radius 2 is 1.79 bits per heavy atom. The predicted octanol–water partition coefficient (Wildman–Crippen LogP) is 3.23. The molecule has 7 nitrogen and oxygen atoms in total. The maximum atomic E-state index is 10.6. The largest absolute Gasteiger partial charge is 0.475 e. The highest BCUT2D eigenvalue weighted by atomic mass is 32.7. The molecule has 1 aromatic carbocycles. The van der Waals surface area contributed by atoms with Gasteiger partial charge in [0, 0.05) is 27.1 Å². The molecule has 1 aromatic rings. The Hall–Kier alpha value is -0.280. The predicted molar refractivity (Wildman–Crippen MR) is 114 cm³/mol. The topological polar surface area (TPSA) is 75.6 Å². The second kappa shape index (κ2) is 10.8. The number of benzene rings is 1. The average Bonchev–Trinajstić information content (AvgIpc) is 3.23. The molecule has 164 valence electrons. The zero-order valence-electron chi connectivity index (χ0n) is 17.2. The van der Waals surface area contributed by atoms with Gasteiger partial charge in [-0.1, -0.05) is 30.3 Å². The van der Waals surface area contributed by atoms with Crippen molar-refractivity contribution in [3.8, 4) is 0 Å². The summed E-state index contributed by atoms with van der Waals surface area (Å²) in [6.07, 6.45) is 1.34. The van der Waals surface area contributed by atoms with Crippen LogP contribution in [0.3, 0.4) is 0 Å². The summed E-state index contributed by atoms with van der Waals surface area (Å²) in [4.78, 5) is 10.6. The number of ether oxygens (including phenoxy) is 4. The molecule has 29 heavy (non-hydrogen) atoms. The molecule has 2 fully saturated rings. The van der Waals surface area contributed by atoms with E-state index >= 15 is 0 Å². The SMILES string of the molecule is COC[C@H]1O[C@@H](C)CC1O[P+](O)(S)OC[C@H]1O[C@@H](Cc2ccccc2)CC1OC. The third-order valence-corrected chi connectivity index (χ3v) is 6.94. The van der Waals surface area contributed by atoms with Gasteiger partial charge in [-0.25, -0.2) is 0 Å². The Kier molecular flexibility index (Phi) is 8.74. The fourth-order valence-electron chi connectivity index (χ4n) is 3.92. The maximum absolute atomic E-state index is 10.6. The molecule has 0 aromatic heterocycles. The summed E-state index contributed by atoms with van der Waals surface area (Å²) >= 11 is 4.26. The molecule has 0 aliphatic carbocycles. The summed E-state index contributed by atoms with van der Waals surface area (Å²) in [7, 11) is -0.0606. The van der Waals surface area contributed by atoms with Crippen molar-refractivity contribution < 1.29 is 32.9 Å². The summed E-state index contributed by atoms with van der Waals surface area (Å²) in [6, 6.07) is 10.2. The van der Waals surface area contributed by atoms with Crippen molar-refractivity contribution in [3.05, 3.63) is 35.9 Å². The molecular formula is C20H32O7PS+. The van der Waals surface area contributed by atoms with E-state index in [1.807, 2.05) is 25.1 Å². The minimum absolute atomic E-state index is 0.0308. The van der Waals surface area contributed by atoms with Gasteiger partial charge in [0.25, 0.3) is 0 Å². The molecule has 3 unspecified atom stereocenters. The van der Waals surface area contributed by atoms with Gasteiger partial charge in [-0.15, -0.1) is 0 Å². The van der Waals surface area contributed by atoms with Gasteiger partial charge in [-0.05, 0) is 18.9 Å². The lowest BCUT2D eigenvalue weighted by molar-refractivity contribution is -0.0415. The highest BCUT2D eigenvalue weighted by molar-refractivity contribution is 8.47. The first-order valence-corrected chi connectivity index (χ1v) is 12.7. The zero-order valence-corrected chi connectivity index (χ0v) is 19.0. The quantitative estimate of drug-likeness (QED) is 0.421. The molecule has 0 spiro atoms. The van der Waals surface area contributed by atoms with Crippen molar-refractivity contribution in [1.82, 2.24) is 0 Å². The van der Waals surface area contributed by atoms with Crippen LogP contribution in [-0.4, -0.2) is 69.0 Å². The monoisotopic (exact) mass is 447 g/mol. The first-order chi connectivity index (χ1) is 13.9. The fraction of sp³-hybridized carbons (Fsp3) is 0.700. The molecular weight excluding hydrogens is 415 g/mol. The van der Waals surface area contributed by atoms with Gasteiger partial charge in [-0.2, -0.15) is 13.9 Å². The van der Waals surface area contributed by atoms with Crippen LogP contribution in [0.2, 0.25) is 0 Å². The standard InChI is InChI=1S/C20H32O7PS/c1-14-9-18(19(25-14)12-22-2)27-28(21,29)24-13-20-17(23-3)11-16(26-20)10-15-7-5-4-6-8-15/h4-8,14,16-21,29H,9-13H2,1-3H3/q+1/t14-,16-,17?,18?,19+,20+,28?/m0/s1. The first-order valence-electron chi connectivity index (χ1n) is 9.94. The summed E-state index contributed by atoms with van der Waals surface area (Å²) in [5, 5.41) is 0. The maximum Gasteiger partial charge on any atom is 0.475 e. The van der Waals surface area contributed by atoms with Gasteiger partial charge in [0.15, 0.2) is 0 Å². The minimum atomic E-state index is -3.33. The van der Waals surface area contributed by atoms with Crippen LogP contribution in [0.1, 0.15) is 25.3 Å². The van der Waals surface area contributed by atoms with Crippen LogP contribution in [0.15, 0.2) is 30.3 Å². The van der Waals surface area contributed by atoms with E-state index in [2.05, 4.69) is 24.4 Å². The van der Waals surface area contributed by atoms with E-state index in [1.54, 1.807) is 14.2 Å². The smallest absolute Gasteiger partial charge is 0.382 e. The van der Waals surface area contributed by atoms with Crippen LogP contribution >= 0.6 is 19.4 Å². The van der Waals surface area contributed by atoms with Crippen molar-refractivity contribution in [2.45, 2.75) is 62.8 Å². The third-order valence-electron chi connectivity index (χ3n) is 5.28. The molecule has 7 atom stereocenters. The number of hydrogen-bond donors (Lipinski definition) is 2. The molecule has 3 rings (SSSR count). The number of thiol groups is 1. The van der Waals surface area contributed by atoms with Crippen LogP contribution < -0.4 is 0 Å². The van der Waals surface area contributed by atoms with E-state index in [-0.39, 0.29) is 43.2 Å².